The highest BCUT2D eigenvalue weighted by molar-refractivity contribution is 7.99. The Hall–Kier alpha value is -3.22. The van der Waals surface area contributed by atoms with E-state index < -0.39 is 24.7 Å². The quantitative estimate of drug-likeness (QED) is 0.312. The van der Waals surface area contributed by atoms with Crippen LogP contribution in [0.15, 0.2) is 23.2 Å². The molecule has 11 nitrogen and oxygen atoms in total. The first-order chi connectivity index (χ1) is 17.2. The summed E-state index contributed by atoms with van der Waals surface area (Å²) in [6, 6.07) is 4.64. The van der Waals surface area contributed by atoms with Gasteiger partial charge in [0, 0.05) is 36.4 Å². The summed E-state index contributed by atoms with van der Waals surface area (Å²) in [6.07, 6.45) is -0.246. The maximum atomic E-state index is 13.0. The van der Waals surface area contributed by atoms with Gasteiger partial charge in [0.2, 0.25) is 17.8 Å². The molecule has 1 aromatic carbocycles. The van der Waals surface area contributed by atoms with E-state index >= 15 is 0 Å². The largest absolute Gasteiger partial charge is 0.394 e. The van der Waals surface area contributed by atoms with Crippen LogP contribution in [-0.2, 0) is 9.59 Å². The SMILES string of the molecule is Cc1cc(C)c2cc1C(=O)NCCCC(C(=O)NCC(O)CO)NC(=O)CCSc1cc-2nc(N)n1. The first-order valence-corrected chi connectivity index (χ1v) is 12.7. The number of fused-ring (bicyclic) bond motifs is 5. The Morgan fingerprint density at radius 1 is 1.22 bits per heavy atom. The lowest BCUT2D eigenvalue weighted by Gasteiger charge is -2.19. The Morgan fingerprint density at radius 2 is 1.97 bits per heavy atom. The zero-order valence-corrected chi connectivity index (χ0v) is 21.2. The molecule has 4 bridgehead atoms. The molecule has 0 spiro atoms. The standard InChI is InChI=1S/C24H32N6O5S/c1-13-8-14(2)17-9-16(13)19-10-21(30-24(25)29-19)36-7-5-20(33)28-18(4-3-6-26-22(17)34)23(35)27-11-15(32)12-31/h8-10,15,18,31-32H,3-7,11-12H2,1-2H3,(H,26,34)(H,27,35)(H,28,33)(H2,25,29,30). The van der Waals surface area contributed by atoms with Crippen molar-refractivity contribution in [3.05, 3.63) is 34.9 Å². The molecule has 0 aliphatic carbocycles. The Kier molecular flexibility index (Phi) is 9.62. The number of thioether (sulfide) groups is 1. The van der Waals surface area contributed by atoms with Crippen molar-refractivity contribution in [2.75, 3.05) is 31.2 Å². The third-order valence-corrected chi connectivity index (χ3v) is 6.63. The van der Waals surface area contributed by atoms with Gasteiger partial charge in [-0.2, -0.15) is 0 Å². The normalized spacial score (nSPS) is 17.9. The van der Waals surface area contributed by atoms with E-state index in [1.165, 1.54) is 11.8 Å². The van der Waals surface area contributed by atoms with Crippen molar-refractivity contribution in [1.29, 1.82) is 0 Å². The van der Waals surface area contributed by atoms with Gasteiger partial charge in [0.1, 0.15) is 11.1 Å². The van der Waals surface area contributed by atoms with Crippen LogP contribution in [0.3, 0.4) is 0 Å². The second-order valence-electron chi connectivity index (χ2n) is 8.63. The van der Waals surface area contributed by atoms with Gasteiger partial charge in [0.05, 0.1) is 18.4 Å². The highest BCUT2D eigenvalue weighted by Crippen LogP contribution is 2.29. The highest BCUT2D eigenvalue weighted by atomic mass is 32.2. The van der Waals surface area contributed by atoms with E-state index in [0.717, 1.165) is 16.7 Å². The number of nitrogens with one attached hydrogen (secondary N) is 3. The zero-order valence-electron chi connectivity index (χ0n) is 20.3. The molecule has 1 aliphatic rings. The molecule has 7 N–H and O–H groups in total. The van der Waals surface area contributed by atoms with Crippen LogP contribution in [0.2, 0.25) is 0 Å². The molecule has 12 heteroatoms. The maximum Gasteiger partial charge on any atom is 0.251 e. The van der Waals surface area contributed by atoms with Crippen LogP contribution in [0.25, 0.3) is 11.3 Å². The minimum Gasteiger partial charge on any atom is -0.394 e. The van der Waals surface area contributed by atoms with Crippen molar-refractivity contribution in [3.63, 3.8) is 0 Å². The third kappa shape index (κ3) is 7.39. The molecule has 2 atom stereocenters. The third-order valence-electron chi connectivity index (χ3n) is 5.72. The molecule has 2 aromatic rings. The van der Waals surface area contributed by atoms with Crippen LogP contribution < -0.4 is 21.7 Å². The van der Waals surface area contributed by atoms with Gasteiger partial charge in [-0.3, -0.25) is 14.4 Å². The van der Waals surface area contributed by atoms with Gasteiger partial charge < -0.3 is 31.9 Å². The van der Waals surface area contributed by atoms with Gasteiger partial charge >= 0.3 is 0 Å². The zero-order chi connectivity index (χ0) is 26.2. The van der Waals surface area contributed by atoms with Crippen LogP contribution in [0.5, 0.6) is 0 Å². The number of amides is 3. The number of aliphatic hydroxyl groups is 2. The summed E-state index contributed by atoms with van der Waals surface area (Å²) in [4.78, 5) is 46.8. The van der Waals surface area contributed by atoms with Gasteiger partial charge in [-0.15, -0.1) is 11.8 Å². The number of hydrogen-bond acceptors (Lipinski definition) is 9. The van der Waals surface area contributed by atoms with Crippen molar-refractivity contribution in [2.24, 2.45) is 0 Å². The number of rotatable bonds is 4. The molecule has 3 rings (SSSR count). The van der Waals surface area contributed by atoms with Crippen molar-refractivity contribution < 1.29 is 24.6 Å². The average Bonchev–Trinajstić information content (AvgIpc) is 2.83. The lowest BCUT2D eigenvalue weighted by atomic mass is 9.97. The molecule has 194 valence electrons. The Morgan fingerprint density at radius 3 is 2.72 bits per heavy atom. The minimum absolute atomic E-state index is 0.0881. The molecule has 3 amide bonds. The second kappa shape index (κ2) is 12.7. The summed E-state index contributed by atoms with van der Waals surface area (Å²) in [7, 11) is 0. The summed E-state index contributed by atoms with van der Waals surface area (Å²) < 4.78 is 0. The Labute approximate surface area is 213 Å². The number of hydrogen-bond donors (Lipinski definition) is 6. The van der Waals surface area contributed by atoms with E-state index in [4.69, 9.17) is 10.8 Å². The number of anilines is 1. The number of carbonyl (C=O) groups excluding carboxylic acids is 3. The number of nitrogens with zero attached hydrogens (tertiary/aromatic N) is 2. The predicted octanol–water partition coefficient (Wildman–Crippen LogP) is 0.303. The molecule has 0 fully saturated rings. The average molecular weight is 517 g/mol. The summed E-state index contributed by atoms with van der Waals surface area (Å²) in [6.45, 7) is 3.46. The lowest BCUT2D eigenvalue weighted by Crippen LogP contribution is -2.49. The highest BCUT2D eigenvalue weighted by Gasteiger charge is 2.22. The molecule has 1 aromatic heterocycles. The minimum atomic E-state index is -1.09. The van der Waals surface area contributed by atoms with Crippen LogP contribution >= 0.6 is 11.8 Å². The summed E-state index contributed by atoms with van der Waals surface area (Å²) in [5, 5.41) is 27.2. The van der Waals surface area contributed by atoms with E-state index in [1.54, 1.807) is 12.1 Å². The lowest BCUT2D eigenvalue weighted by molar-refractivity contribution is -0.129. The molecule has 1 aliphatic heterocycles. The fourth-order valence-electron chi connectivity index (χ4n) is 3.82. The molecular weight excluding hydrogens is 484 g/mol. The van der Waals surface area contributed by atoms with Crippen molar-refractivity contribution in [3.8, 4) is 11.3 Å². The van der Waals surface area contributed by atoms with Crippen molar-refractivity contribution in [2.45, 2.75) is 50.3 Å². The van der Waals surface area contributed by atoms with Gasteiger partial charge in [-0.1, -0.05) is 6.07 Å². The molecule has 36 heavy (non-hydrogen) atoms. The van der Waals surface area contributed by atoms with E-state index in [1.807, 2.05) is 19.9 Å². The number of carbonyl (C=O) groups is 3. The van der Waals surface area contributed by atoms with Crippen LogP contribution in [0.1, 0.15) is 40.7 Å². The van der Waals surface area contributed by atoms with Crippen molar-refractivity contribution >= 4 is 35.4 Å². The Bertz CT molecular complexity index is 1130. The van der Waals surface area contributed by atoms with Crippen LogP contribution in [0, 0.1) is 13.8 Å². The van der Waals surface area contributed by atoms with E-state index in [9.17, 15) is 19.5 Å². The van der Waals surface area contributed by atoms with Crippen molar-refractivity contribution in [1.82, 2.24) is 25.9 Å². The summed E-state index contributed by atoms with van der Waals surface area (Å²) in [5.74, 6) is -0.563. The smallest absolute Gasteiger partial charge is 0.251 e. The maximum absolute atomic E-state index is 13.0. The van der Waals surface area contributed by atoms with Gasteiger partial charge in [0.25, 0.3) is 5.91 Å². The molecule has 0 saturated carbocycles. The molecule has 0 radical (unpaired) electrons. The Balaban J connectivity index is 1.86. The van der Waals surface area contributed by atoms with Crippen LogP contribution in [0.4, 0.5) is 5.95 Å². The number of nitrogen functional groups attached to an aromatic ring is 1. The molecule has 2 heterocycles. The van der Waals surface area contributed by atoms with E-state index in [2.05, 4.69) is 25.9 Å². The summed E-state index contributed by atoms with van der Waals surface area (Å²) >= 11 is 1.34. The van der Waals surface area contributed by atoms with E-state index in [-0.39, 0.29) is 37.1 Å². The second-order valence-corrected chi connectivity index (χ2v) is 9.75. The fraction of sp³-hybridized carbons (Fsp3) is 0.458. The number of benzene rings is 1. The molecule has 2 unspecified atom stereocenters. The topological polar surface area (TPSA) is 180 Å². The molecular formula is C24H32N6O5S. The molecule has 0 saturated heterocycles. The number of aryl methyl sites for hydroxylation is 2. The van der Waals surface area contributed by atoms with Crippen LogP contribution in [-0.4, -0.2) is 75.5 Å². The van der Waals surface area contributed by atoms with Gasteiger partial charge in [0.15, 0.2) is 0 Å². The fourth-order valence-corrected chi connectivity index (χ4v) is 4.67. The first-order valence-electron chi connectivity index (χ1n) is 11.7. The first kappa shape index (κ1) is 27.4. The predicted molar refractivity (Wildman–Crippen MR) is 136 cm³/mol. The van der Waals surface area contributed by atoms with Gasteiger partial charge in [-0.05, 0) is 49.9 Å². The van der Waals surface area contributed by atoms with Gasteiger partial charge in [-0.25, -0.2) is 9.97 Å². The van der Waals surface area contributed by atoms with E-state index in [0.29, 0.717) is 35.0 Å². The number of nitrogens with two attached hydrogens (primary N) is 1. The summed E-state index contributed by atoms with van der Waals surface area (Å²) in [5.41, 5.74) is 9.57. The monoisotopic (exact) mass is 516 g/mol. The number of aromatic nitrogens is 2. The number of aliphatic hydroxyl groups excluding tert-OH is 2.